The van der Waals surface area contributed by atoms with Crippen molar-refractivity contribution in [3.05, 3.63) is 78.6 Å². The molecule has 5 rings (SSSR count). The Balaban J connectivity index is 1.80. The van der Waals surface area contributed by atoms with Gasteiger partial charge in [-0.1, -0.05) is 36.4 Å². The first-order valence-corrected chi connectivity index (χ1v) is 9.84. The molecule has 0 saturated carbocycles. The summed E-state index contributed by atoms with van der Waals surface area (Å²) in [6.45, 7) is 1.82. The summed E-state index contributed by atoms with van der Waals surface area (Å²) < 4.78 is 15.8. The predicted octanol–water partition coefficient (Wildman–Crippen LogP) is 5.24. The molecule has 142 valence electrons. The van der Waals surface area contributed by atoms with Crippen molar-refractivity contribution in [2.45, 2.75) is 6.92 Å². The highest BCUT2D eigenvalue weighted by atomic mass is 32.1. The SMILES string of the molecule is Cc1nc(N)c2cc(-c3c(-c4ccccc4)ncn3-c3cccc(F)c3)sc2n1. The molecule has 29 heavy (non-hydrogen) atoms. The molecule has 0 spiro atoms. The number of nitrogens with two attached hydrogens (primary N) is 1. The molecule has 0 amide bonds. The molecule has 3 aromatic heterocycles. The maximum absolute atomic E-state index is 13.9. The van der Waals surface area contributed by atoms with Gasteiger partial charge in [-0.25, -0.2) is 19.3 Å². The third-order valence-electron chi connectivity index (χ3n) is 4.67. The van der Waals surface area contributed by atoms with E-state index in [4.69, 9.17) is 5.73 Å². The summed E-state index contributed by atoms with van der Waals surface area (Å²) in [6, 6.07) is 18.4. The Hall–Kier alpha value is -3.58. The Bertz CT molecular complexity index is 1340. The standard InChI is InChI=1S/C22H16FN5S/c1-13-26-21(24)17-11-18(29-22(17)27-13)20-19(14-6-3-2-4-7-14)25-12-28(20)16-9-5-8-15(23)10-16/h2-12H,1H3,(H2,24,26,27). The predicted molar refractivity (Wildman–Crippen MR) is 115 cm³/mol. The van der Waals surface area contributed by atoms with Crippen LogP contribution in [-0.2, 0) is 0 Å². The Morgan fingerprint density at radius 3 is 2.62 bits per heavy atom. The summed E-state index contributed by atoms with van der Waals surface area (Å²) in [5, 5.41) is 0.807. The Morgan fingerprint density at radius 2 is 1.83 bits per heavy atom. The van der Waals surface area contributed by atoms with Crippen molar-refractivity contribution >= 4 is 27.4 Å². The van der Waals surface area contributed by atoms with Crippen molar-refractivity contribution in [1.82, 2.24) is 19.5 Å². The number of nitrogen functional groups attached to an aromatic ring is 1. The van der Waals surface area contributed by atoms with Crippen LogP contribution in [0.4, 0.5) is 10.2 Å². The average Bonchev–Trinajstić information content (AvgIpc) is 3.33. The van der Waals surface area contributed by atoms with Crippen LogP contribution >= 0.6 is 11.3 Å². The van der Waals surface area contributed by atoms with Crippen LogP contribution < -0.4 is 5.73 Å². The van der Waals surface area contributed by atoms with Crippen molar-refractivity contribution in [1.29, 1.82) is 0 Å². The second-order valence-corrected chi connectivity index (χ2v) is 7.67. The molecule has 2 aromatic carbocycles. The van der Waals surface area contributed by atoms with Gasteiger partial charge in [-0.2, -0.15) is 0 Å². The van der Waals surface area contributed by atoms with Gasteiger partial charge < -0.3 is 5.73 Å². The van der Waals surface area contributed by atoms with Crippen molar-refractivity contribution < 1.29 is 4.39 Å². The van der Waals surface area contributed by atoms with Gasteiger partial charge in [0.25, 0.3) is 0 Å². The first-order valence-electron chi connectivity index (χ1n) is 9.03. The lowest BCUT2D eigenvalue weighted by Gasteiger charge is -2.09. The van der Waals surface area contributed by atoms with Gasteiger partial charge in [-0.05, 0) is 31.2 Å². The van der Waals surface area contributed by atoms with Crippen LogP contribution in [0.3, 0.4) is 0 Å². The Labute approximate surface area is 170 Å². The van der Waals surface area contributed by atoms with Crippen LogP contribution in [0.2, 0.25) is 0 Å². The topological polar surface area (TPSA) is 69.6 Å². The van der Waals surface area contributed by atoms with Gasteiger partial charge in [0.2, 0.25) is 0 Å². The molecule has 0 atom stereocenters. The number of anilines is 1. The molecule has 0 aliphatic heterocycles. The first-order chi connectivity index (χ1) is 14.1. The molecule has 0 aliphatic rings. The van der Waals surface area contributed by atoms with Crippen LogP contribution in [-0.4, -0.2) is 19.5 Å². The lowest BCUT2D eigenvalue weighted by atomic mass is 10.1. The number of aryl methyl sites for hydroxylation is 1. The normalized spacial score (nSPS) is 11.2. The minimum absolute atomic E-state index is 0.300. The minimum Gasteiger partial charge on any atom is -0.383 e. The fourth-order valence-corrected chi connectivity index (χ4v) is 4.51. The van der Waals surface area contributed by atoms with Gasteiger partial charge in [0, 0.05) is 5.56 Å². The van der Waals surface area contributed by atoms with Crippen LogP contribution in [0.15, 0.2) is 67.0 Å². The van der Waals surface area contributed by atoms with E-state index >= 15 is 0 Å². The van der Waals surface area contributed by atoms with Crippen molar-refractivity contribution in [3.8, 4) is 27.5 Å². The molecule has 0 fully saturated rings. The molecule has 7 heteroatoms. The van der Waals surface area contributed by atoms with Crippen LogP contribution in [0.1, 0.15) is 5.82 Å². The van der Waals surface area contributed by atoms with E-state index in [-0.39, 0.29) is 5.82 Å². The maximum atomic E-state index is 13.9. The molecule has 0 bridgehead atoms. The number of thiophene rings is 1. The summed E-state index contributed by atoms with van der Waals surface area (Å²) in [7, 11) is 0. The molecule has 5 aromatic rings. The maximum Gasteiger partial charge on any atom is 0.135 e. The second kappa shape index (κ2) is 6.79. The number of benzene rings is 2. The third kappa shape index (κ3) is 3.05. The molecule has 5 nitrogen and oxygen atoms in total. The van der Waals surface area contributed by atoms with E-state index in [0.717, 1.165) is 32.0 Å². The number of fused-ring (bicyclic) bond motifs is 1. The van der Waals surface area contributed by atoms with Crippen LogP contribution in [0.25, 0.3) is 37.7 Å². The zero-order valence-electron chi connectivity index (χ0n) is 15.5. The lowest BCUT2D eigenvalue weighted by Crippen LogP contribution is -1.96. The van der Waals surface area contributed by atoms with E-state index in [2.05, 4.69) is 15.0 Å². The molecule has 0 saturated heterocycles. The zero-order valence-corrected chi connectivity index (χ0v) is 16.3. The number of rotatable bonds is 3. The van der Waals surface area contributed by atoms with Gasteiger partial charge in [0.1, 0.15) is 28.6 Å². The Kier molecular flexibility index (Phi) is 4.10. The third-order valence-corrected chi connectivity index (χ3v) is 5.70. The highest BCUT2D eigenvalue weighted by Crippen LogP contribution is 2.40. The van der Waals surface area contributed by atoms with Gasteiger partial charge in [0.15, 0.2) is 0 Å². The van der Waals surface area contributed by atoms with E-state index in [9.17, 15) is 4.39 Å². The van der Waals surface area contributed by atoms with E-state index < -0.39 is 0 Å². The van der Waals surface area contributed by atoms with Gasteiger partial charge in [0.05, 0.1) is 27.3 Å². The van der Waals surface area contributed by atoms with Crippen LogP contribution in [0.5, 0.6) is 0 Å². The van der Waals surface area contributed by atoms with Crippen molar-refractivity contribution in [2.24, 2.45) is 0 Å². The van der Waals surface area contributed by atoms with Crippen molar-refractivity contribution in [2.75, 3.05) is 5.73 Å². The van der Waals surface area contributed by atoms with Crippen LogP contribution in [0, 0.1) is 12.7 Å². The molecule has 0 radical (unpaired) electrons. The summed E-state index contributed by atoms with van der Waals surface area (Å²) in [5.41, 5.74) is 9.47. The Morgan fingerprint density at radius 1 is 1.00 bits per heavy atom. The zero-order chi connectivity index (χ0) is 20.0. The van der Waals surface area contributed by atoms with E-state index in [1.807, 2.05) is 54.0 Å². The number of hydrogen-bond donors (Lipinski definition) is 1. The number of halogens is 1. The molecule has 2 N–H and O–H groups in total. The van der Waals surface area contributed by atoms with Gasteiger partial charge >= 0.3 is 0 Å². The first kappa shape index (κ1) is 17.5. The second-order valence-electron chi connectivity index (χ2n) is 6.64. The molecule has 0 unspecified atom stereocenters. The molecular weight excluding hydrogens is 385 g/mol. The number of imidazole rings is 1. The lowest BCUT2D eigenvalue weighted by molar-refractivity contribution is 0.626. The molecule has 0 aliphatic carbocycles. The summed E-state index contributed by atoms with van der Waals surface area (Å²) in [4.78, 5) is 15.2. The number of nitrogens with zero attached hydrogens (tertiary/aromatic N) is 4. The number of aromatic nitrogens is 4. The summed E-state index contributed by atoms with van der Waals surface area (Å²) >= 11 is 1.52. The van der Waals surface area contributed by atoms with Crippen molar-refractivity contribution in [3.63, 3.8) is 0 Å². The summed E-state index contributed by atoms with van der Waals surface area (Å²) in [5.74, 6) is 0.781. The monoisotopic (exact) mass is 401 g/mol. The fraction of sp³-hybridized carbons (Fsp3) is 0.0455. The summed E-state index contributed by atoms with van der Waals surface area (Å²) in [6.07, 6.45) is 1.72. The highest BCUT2D eigenvalue weighted by Gasteiger charge is 2.20. The smallest absolute Gasteiger partial charge is 0.135 e. The van der Waals surface area contributed by atoms with Gasteiger partial charge in [-0.15, -0.1) is 11.3 Å². The van der Waals surface area contributed by atoms with Gasteiger partial charge in [-0.3, -0.25) is 4.57 Å². The minimum atomic E-state index is -0.300. The van der Waals surface area contributed by atoms with E-state index in [1.165, 1.54) is 23.5 Å². The van der Waals surface area contributed by atoms with E-state index in [0.29, 0.717) is 17.3 Å². The molecular formula is C22H16FN5S. The largest absolute Gasteiger partial charge is 0.383 e. The highest BCUT2D eigenvalue weighted by molar-refractivity contribution is 7.22. The fourth-order valence-electron chi connectivity index (χ4n) is 3.38. The number of hydrogen-bond acceptors (Lipinski definition) is 5. The van der Waals surface area contributed by atoms with E-state index in [1.54, 1.807) is 12.4 Å². The average molecular weight is 401 g/mol. The molecule has 3 heterocycles. The quantitative estimate of drug-likeness (QED) is 0.449.